The maximum absolute atomic E-state index is 8.77. The summed E-state index contributed by atoms with van der Waals surface area (Å²) < 4.78 is 34.9. The van der Waals surface area contributed by atoms with E-state index in [9.17, 15) is 0 Å². The molecular formula is C60H55N4OPt-3. The number of rotatable bonds is 8. The van der Waals surface area contributed by atoms with E-state index in [1.54, 1.807) is 12.3 Å². The maximum Gasteiger partial charge on any atom is 0.135 e. The standard InChI is InChI=1S/C60H55N4O.Pt/c1-40-31-57(61-38-52(40)41-19-17-22-43(32-41)60(8,9)42-20-11-10-12-21-42)64-53-26-14-13-25-50(53)51-30-29-49(37-56(51)64)65-48-24-18-23-46(36-48)62-39-63(55-28-16-15-27-54(55)62)47-34-44(58(2,3)4)33-45(35-47)59(5,6)7;/h10-35,38-39H,1-9H3;/q-3;/i1D3;. The van der Waals surface area contributed by atoms with Gasteiger partial charge in [0.1, 0.15) is 5.82 Å². The molecule has 66 heavy (non-hydrogen) atoms. The summed E-state index contributed by atoms with van der Waals surface area (Å²) >= 11 is 0. The van der Waals surface area contributed by atoms with Crippen LogP contribution in [0, 0.1) is 25.7 Å². The number of anilines is 4. The van der Waals surface area contributed by atoms with Crippen molar-refractivity contribution < 1.29 is 29.9 Å². The normalized spacial score (nSPS) is 13.8. The van der Waals surface area contributed by atoms with Crippen molar-refractivity contribution in [3.63, 3.8) is 0 Å². The van der Waals surface area contributed by atoms with Crippen LogP contribution >= 0.6 is 0 Å². The zero-order valence-corrected chi connectivity index (χ0v) is 41.0. The second-order valence-corrected chi connectivity index (χ2v) is 19.7. The van der Waals surface area contributed by atoms with Gasteiger partial charge in [-0.3, -0.25) is 0 Å². The molecule has 0 N–H and O–H groups in total. The number of nitrogens with zero attached hydrogens (tertiary/aromatic N) is 4. The summed E-state index contributed by atoms with van der Waals surface area (Å²) in [6.45, 7) is 17.7. The van der Waals surface area contributed by atoms with Gasteiger partial charge in [-0.05, 0) is 92.8 Å². The molecular weight excluding hydrogens is 988 g/mol. The third-order valence-electron chi connectivity index (χ3n) is 12.9. The van der Waals surface area contributed by atoms with E-state index >= 15 is 0 Å². The van der Waals surface area contributed by atoms with Gasteiger partial charge in [0, 0.05) is 76.4 Å². The molecule has 3 heterocycles. The molecule has 0 spiro atoms. The summed E-state index contributed by atoms with van der Waals surface area (Å²) in [4.78, 5) is 9.43. The first-order valence-corrected chi connectivity index (χ1v) is 22.4. The minimum absolute atomic E-state index is 0. The number of ether oxygens (including phenoxy) is 1. The van der Waals surface area contributed by atoms with E-state index in [1.165, 1.54) is 16.7 Å². The van der Waals surface area contributed by atoms with Crippen molar-refractivity contribution in [2.24, 2.45) is 0 Å². The van der Waals surface area contributed by atoms with Gasteiger partial charge in [-0.1, -0.05) is 152 Å². The van der Waals surface area contributed by atoms with Crippen LogP contribution in [0.25, 0.3) is 38.8 Å². The molecule has 0 saturated heterocycles. The molecule has 5 nitrogen and oxygen atoms in total. The predicted octanol–water partition coefficient (Wildman–Crippen LogP) is 15.9. The molecule has 7 aromatic carbocycles. The summed E-state index contributed by atoms with van der Waals surface area (Å²) in [5, 5.41) is 1.93. The Balaban J connectivity index is 0.00000593. The van der Waals surface area contributed by atoms with Gasteiger partial charge < -0.3 is 19.1 Å². The summed E-state index contributed by atoms with van der Waals surface area (Å²) in [6, 6.07) is 60.7. The second-order valence-electron chi connectivity index (χ2n) is 19.7. The van der Waals surface area contributed by atoms with E-state index in [-0.39, 0.29) is 42.9 Å². The Bertz CT molecular complexity index is 3330. The Hall–Kier alpha value is -6.42. The molecule has 0 atom stereocenters. The number of aryl methyl sites for hydroxylation is 1. The summed E-state index contributed by atoms with van der Waals surface area (Å²) in [6.07, 6.45) is 1.70. The van der Waals surface area contributed by atoms with Crippen LogP contribution in [0.1, 0.15) is 87.3 Å². The summed E-state index contributed by atoms with van der Waals surface area (Å²) in [7, 11) is 0. The largest absolute Gasteiger partial charge is 0.509 e. The molecule has 0 saturated carbocycles. The van der Waals surface area contributed by atoms with Crippen molar-refractivity contribution >= 4 is 44.6 Å². The van der Waals surface area contributed by atoms with E-state index in [1.807, 2.05) is 83.4 Å². The molecule has 9 aromatic rings. The molecule has 1 aliphatic rings. The Kier molecular flexibility index (Phi) is 10.6. The van der Waals surface area contributed by atoms with Crippen molar-refractivity contribution in [3.8, 4) is 28.4 Å². The minimum Gasteiger partial charge on any atom is -0.509 e. The number of hydrogen-bond donors (Lipinski definition) is 0. The van der Waals surface area contributed by atoms with Gasteiger partial charge in [-0.15, -0.1) is 48.1 Å². The molecule has 334 valence electrons. The van der Waals surface area contributed by atoms with Crippen LogP contribution in [-0.2, 0) is 37.3 Å². The van der Waals surface area contributed by atoms with Crippen LogP contribution in [0.4, 0.5) is 22.7 Å². The van der Waals surface area contributed by atoms with Crippen LogP contribution in [0.5, 0.6) is 11.5 Å². The third-order valence-corrected chi connectivity index (χ3v) is 12.9. The van der Waals surface area contributed by atoms with Gasteiger partial charge in [-0.2, -0.15) is 12.1 Å². The van der Waals surface area contributed by atoms with Crippen molar-refractivity contribution in [2.75, 3.05) is 9.80 Å². The number of benzene rings is 7. The van der Waals surface area contributed by atoms with Gasteiger partial charge in [0.05, 0.1) is 0 Å². The van der Waals surface area contributed by atoms with Crippen molar-refractivity contribution in [1.82, 2.24) is 9.55 Å². The van der Waals surface area contributed by atoms with E-state index in [0.29, 0.717) is 28.4 Å². The SMILES string of the molecule is [2H]C([2H])([2H])c1cc(-n2c3[c-]c(Oc4[c-]c(N5[CH-]N(c6cc(C(C)(C)C)cc(C(C)(C)C)c6)c6ccccc65)ccc4)ccc3c3ccccc32)ncc1-c1cccc(C(C)(C)c2ccccc2)c1.[Pt]. The molecule has 0 radical (unpaired) electrons. The zero-order chi connectivity index (χ0) is 47.8. The predicted molar refractivity (Wildman–Crippen MR) is 270 cm³/mol. The van der Waals surface area contributed by atoms with Crippen LogP contribution in [0.2, 0.25) is 0 Å². The van der Waals surface area contributed by atoms with Gasteiger partial charge in [0.2, 0.25) is 0 Å². The van der Waals surface area contributed by atoms with Crippen LogP contribution in [-0.4, -0.2) is 9.55 Å². The molecule has 0 amide bonds. The van der Waals surface area contributed by atoms with Gasteiger partial charge >= 0.3 is 0 Å². The Morgan fingerprint density at radius 3 is 1.95 bits per heavy atom. The van der Waals surface area contributed by atoms with Crippen molar-refractivity contribution in [2.45, 2.75) is 78.5 Å². The second kappa shape index (κ2) is 17.1. The van der Waals surface area contributed by atoms with E-state index in [4.69, 9.17) is 13.8 Å². The topological polar surface area (TPSA) is 33.5 Å². The number of fused-ring (bicyclic) bond motifs is 4. The third kappa shape index (κ3) is 8.24. The summed E-state index contributed by atoms with van der Waals surface area (Å²) in [5.41, 5.74) is 11.7. The van der Waals surface area contributed by atoms with Crippen LogP contribution in [0.3, 0.4) is 0 Å². The van der Waals surface area contributed by atoms with E-state index in [0.717, 1.165) is 50.2 Å². The fraction of sp³-hybridized carbons (Fsp3) is 0.200. The summed E-state index contributed by atoms with van der Waals surface area (Å²) in [5.74, 6) is 1.49. The van der Waals surface area contributed by atoms with Crippen LogP contribution in [0.15, 0.2) is 164 Å². The molecule has 0 unspecified atom stereocenters. The molecule has 0 fully saturated rings. The first-order valence-electron chi connectivity index (χ1n) is 23.9. The van der Waals surface area contributed by atoms with Gasteiger partial charge in [0.15, 0.2) is 0 Å². The fourth-order valence-electron chi connectivity index (χ4n) is 8.95. The number of para-hydroxylation sites is 3. The Labute approximate surface area is 409 Å². The zero-order valence-electron chi connectivity index (χ0n) is 41.7. The monoisotopic (exact) mass is 1050 g/mol. The van der Waals surface area contributed by atoms with Gasteiger partial charge in [0.25, 0.3) is 0 Å². The van der Waals surface area contributed by atoms with Crippen molar-refractivity contribution in [3.05, 3.63) is 211 Å². The first kappa shape index (κ1) is 41.0. The van der Waals surface area contributed by atoms with Crippen LogP contribution < -0.4 is 14.5 Å². The molecule has 0 aliphatic carbocycles. The quantitative estimate of drug-likeness (QED) is 0.142. The van der Waals surface area contributed by atoms with Crippen molar-refractivity contribution in [1.29, 1.82) is 0 Å². The smallest absolute Gasteiger partial charge is 0.135 e. The minimum atomic E-state index is -2.42. The van der Waals surface area contributed by atoms with E-state index < -0.39 is 6.85 Å². The average molecular weight is 1050 g/mol. The number of aromatic nitrogens is 2. The Morgan fingerprint density at radius 1 is 0.576 bits per heavy atom. The number of pyridine rings is 1. The fourth-order valence-corrected chi connectivity index (χ4v) is 8.95. The molecule has 10 rings (SSSR count). The maximum atomic E-state index is 8.77. The van der Waals surface area contributed by atoms with E-state index in [2.05, 4.69) is 157 Å². The van der Waals surface area contributed by atoms with Gasteiger partial charge in [-0.25, -0.2) is 4.98 Å². The molecule has 1 aliphatic heterocycles. The number of hydrogen-bond acceptors (Lipinski definition) is 4. The average Bonchev–Trinajstić information content (AvgIpc) is 3.87. The molecule has 0 bridgehead atoms. The Morgan fingerprint density at radius 2 is 1.23 bits per heavy atom. The molecule has 2 aromatic heterocycles. The molecule has 6 heteroatoms. The first-order chi connectivity index (χ1) is 32.3.